The Morgan fingerprint density at radius 3 is 2.60 bits per heavy atom. The summed E-state index contributed by atoms with van der Waals surface area (Å²) in [6, 6.07) is 5.83. The maximum atomic E-state index is 11.9. The van der Waals surface area contributed by atoms with E-state index < -0.39 is 5.95 Å². The van der Waals surface area contributed by atoms with Crippen molar-refractivity contribution in [2.45, 2.75) is 18.9 Å². The van der Waals surface area contributed by atoms with Crippen molar-refractivity contribution in [2.75, 3.05) is 11.1 Å². The number of thioether (sulfide) groups is 1. The summed E-state index contributed by atoms with van der Waals surface area (Å²) in [6.45, 7) is 3.94. The maximum absolute atomic E-state index is 11.9. The molecular formula is C13H15N3O3S. The van der Waals surface area contributed by atoms with Gasteiger partial charge in [-0.3, -0.25) is 4.79 Å². The molecule has 1 heterocycles. The number of nitrogens with one attached hydrogen (secondary N) is 1. The summed E-state index contributed by atoms with van der Waals surface area (Å²) in [7, 11) is 1.59. The molecule has 0 unspecified atom stereocenters. The summed E-state index contributed by atoms with van der Waals surface area (Å²) in [5.74, 6) is -0.589. The van der Waals surface area contributed by atoms with Crippen molar-refractivity contribution in [3.8, 4) is 5.95 Å². The number of carbonyl (C=O) groups is 1. The zero-order valence-electron chi connectivity index (χ0n) is 11.5. The summed E-state index contributed by atoms with van der Waals surface area (Å²) in [5, 5.41) is 17.9. The van der Waals surface area contributed by atoms with E-state index in [1.165, 1.54) is 4.68 Å². The van der Waals surface area contributed by atoms with Gasteiger partial charge in [0.15, 0.2) is 13.0 Å². The van der Waals surface area contributed by atoms with E-state index in [-0.39, 0.29) is 11.7 Å². The summed E-state index contributed by atoms with van der Waals surface area (Å²) in [6.07, 6.45) is 0. The molecule has 0 aliphatic carbocycles. The van der Waals surface area contributed by atoms with Gasteiger partial charge in [0, 0.05) is 5.69 Å². The highest BCUT2D eigenvalue weighted by molar-refractivity contribution is 7.99. The van der Waals surface area contributed by atoms with Gasteiger partial charge in [0.05, 0.1) is 11.0 Å². The zero-order chi connectivity index (χ0) is 14.7. The molecule has 0 fully saturated rings. The number of benzene rings is 1. The van der Waals surface area contributed by atoms with Gasteiger partial charge in [0.2, 0.25) is 5.91 Å². The monoisotopic (exact) mass is 293 g/mol. The second kappa shape index (κ2) is 5.96. The lowest BCUT2D eigenvalue weighted by atomic mass is 10.1. The second-order valence-corrected chi connectivity index (χ2v) is 5.47. The smallest absolute Gasteiger partial charge is 0.291 e. The van der Waals surface area contributed by atoms with Crippen molar-refractivity contribution in [2.24, 2.45) is 7.05 Å². The molecule has 2 rings (SSSR count). The van der Waals surface area contributed by atoms with Gasteiger partial charge >= 0.3 is 0 Å². The number of nitrogens with zero attached hydrogens (tertiary/aromatic N) is 2. The van der Waals surface area contributed by atoms with E-state index in [2.05, 4.69) is 15.1 Å². The summed E-state index contributed by atoms with van der Waals surface area (Å²) < 4.78 is 5.80. The van der Waals surface area contributed by atoms with Crippen molar-refractivity contribution in [3.63, 3.8) is 0 Å². The Bertz CT molecular complexity index is 600. The average Bonchev–Trinajstić information content (AvgIpc) is 2.65. The first-order valence-corrected chi connectivity index (χ1v) is 6.98. The molecule has 7 heteroatoms. The third-order valence-corrected chi connectivity index (χ3v) is 3.67. The molecule has 6 nitrogen and oxygen atoms in total. The lowest BCUT2D eigenvalue weighted by molar-refractivity contribution is -0.772. The van der Waals surface area contributed by atoms with E-state index in [1.807, 2.05) is 32.0 Å². The quantitative estimate of drug-likeness (QED) is 0.669. The lowest BCUT2D eigenvalue weighted by Gasteiger charge is -2.06. The Labute approximate surface area is 120 Å². The van der Waals surface area contributed by atoms with Crippen molar-refractivity contribution >= 4 is 23.4 Å². The van der Waals surface area contributed by atoms with E-state index in [0.29, 0.717) is 5.03 Å². The summed E-state index contributed by atoms with van der Waals surface area (Å²) in [5.41, 5.74) is 2.92. The highest BCUT2D eigenvalue weighted by atomic mass is 32.2. The predicted octanol–water partition coefficient (Wildman–Crippen LogP) is 0.920. The third-order valence-electron chi connectivity index (χ3n) is 2.56. The fourth-order valence-corrected chi connectivity index (χ4v) is 2.55. The summed E-state index contributed by atoms with van der Waals surface area (Å²) in [4.78, 5) is 11.9. The average molecular weight is 293 g/mol. The molecule has 0 bridgehead atoms. The Morgan fingerprint density at radius 2 is 2.05 bits per heavy atom. The van der Waals surface area contributed by atoms with E-state index in [9.17, 15) is 9.90 Å². The van der Waals surface area contributed by atoms with Gasteiger partial charge in [-0.1, -0.05) is 10.7 Å². The van der Waals surface area contributed by atoms with Crippen LogP contribution in [0.2, 0.25) is 0 Å². The molecule has 1 aromatic heterocycles. The van der Waals surface area contributed by atoms with Crippen LogP contribution in [0.1, 0.15) is 11.1 Å². The Kier molecular flexibility index (Phi) is 4.29. The molecule has 106 valence electrons. The van der Waals surface area contributed by atoms with Crippen LogP contribution in [0.4, 0.5) is 5.69 Å². The minimum atomic E-state index is -0.531. The van der Waals surface area contributed by atoms with Crippen LogP contribution in [0.25, 0.3) is 0 Å². The van der Waals surface area contributed by atoms with Crippen molar-refractivity contribution in [3.05, 3.63) is 29.3 Å². The number of anilines is 1. The molecule has 1 amide bonds. The van der Waals surface area contributed by atoms with Gasteiger partial charge in [-0.15, -0.1) is 0 Å². The van der Waals surface area contributed by atoms with Gasteiger partial charge in [-0.05, 0) is 48.9 Å². The second-order valence-electron chi connectivity index (χ2n) is 4.50. The fourth-order valence-electron chi connectivity index (χ4n) is 1.84. The van der Waals surface area contributed by atoms with Crippen LogP contribution >= 0.6 is 11.8 Å². The topological polar surface area (TPSA) is 82.1 Å². The molecular weight excluding hydrogens is 278 g/mol. The molecule has 0 saturated heterocycles. The number of carbonyl (C=O) groups excluding carboxylic acids is 1. The Hall–Kier alpha value is -2.02. The minimum Gasteiger partial charge on any atom is -0.538 e. The fraction of sp³-hybridized carbons (Fsp3) is 0.308. The SMILES string of the molecule is Cc1cc(C)cc(NC(=O)CSc2c([O-])on[n+]2C)c1. The molecule has 1 N–H and O–H groups in total. The number of rotatable bonds is 4. The van der Waals surface area contributed by atoms with Crippen LogP contribution in [0.3, 0.4) is 0 Å². The first-order chi connectivity index (χ1) is 9.45. The first-order valence-electron chi connectivity index (χ1n) is 5.99. The normalized spacial score (nSPS) is 10.6. The number of hydrogen-bond acceptors (Lipinski definition) is 5. The Balaban J connectivity index is 1.96. The molecule has 0 spiro atoms. The molecule has 0 aliphatic rings. The molecule has 0 saturated carbocycles. The number of aromatic nitrogens is 2. The van der Waals surface area contributed by atoms with E-state index in [0.717, 1.165) is 28.6 Å². The van der Waals surface area contributed by atoms with Gasteiger partial charge in [0.1, 0.15) is 0 Å². The molecule has 0 aliphatic heterocycles. The van der Waals surface area contributed by atoms with Crippen LogP contribution in [-0.4, -0.2) is 16.9 Å². The number of aryl methyl sites for hydroxylation is 3. The third kappa shape index (κ3) is 3.51. The van der Waals surface area contributed by atoms with Crippen LogP contribution in [-0.2, 0) is 11.8 Å². The van der Waals surface area contributed by atoms with Crippen molar-refractivity contribution in [1.29, 1.82) is 0 Å². The van der Waals surface area contributed by atoms with Crippen LogP contribution < -0.4 is 15.1 Å². The molecule has 1 aromatic carbocycles. The molecule has 0 atom stereocenters. The zero-order valence-corrected chi connectivity index (χ0v) is 12.3. The van der Waals surface area contributed by atoms with E-state index in [4.69, 9.17) is 0 Å². The Morgan fingerprint density at radius 1 is 1.40 bits per heavy atom. The van der Waals surface area contributed by atoms with Crippen LogP contribution in [0, 0.1) is 13.8 Å². The lowest BCUT2D eigenvalue weighted by Crippen LogP contribution is -2.32. The highest BCUT2D eigenvalue weighted by Gasteiger charge is 2.16. The van der Waals surface area contributed by atoms with Crippen LogP contribution in [0.5, 0.6) is 5.95 Å². The van der Waals surface area contributed by atoms with Crippen molar-refractivity contribution < 1.29 is 19.1 Å². The summed E-state index contributed by atoms with van der Waals surface area (Å²) >= 11 is 1.10. The predicted molar refractivity (Wildman–Crippen MR) is 72.4 cm³/mol. The van der Waals surface area contributed by atoms with Gasteiger partial charge in [0.25, 0.3) is 5.03 Å². The molecule has 2 aromatic rings. The van der Waals surface area contributed by atoms with Gasteiger partial charge < -0.3 is 14.9 Å². The number of amides is 1. The van der Waals surface area contributed by atoms with Crippen LogP contribution in [0.15, 0.2) is 27.7 Å². The first kappa shape index (κ1) is 14.4. The largest absolute Gasteiger partial charge is 0.538 e. The van der Waals surface area contributed by atoms with Gasteiger partial charge in [-0.2, -0.15) is 0 Å². The van der Waals surface area contributed by atoms with E-state index in [1.54, 1.807) is 7.05 Å². The van der Waals surface area contributed by atoms with E-state index >= 15 is 0 Å². The van der Waals surface area contributed by atoms with Gasteiger partial charge in [-0.25, -0.2) is 0 Å². The highest BCUT2D eigenvalue weighted by Crippen LogP contribution is 2.21. The number of hydrogen-bond donors (Lipinski definition) is 1. The van der Waals surface area contributed by atoms with Crippen molar-refractivity contribution in [1.82, 2.24) is 5.27 Å². The molecule has 0 radical (unpaired) electrons. The minimum absolute atomic E-state index is 0.122. The molecule has 20 heavy (non-hydrogen) atoms. The maximum Gasteiger partial charge on any atom is 0.291 e. The standard InChI is InChI=1S/C13H15N3O3S/c1-8-4-9(2)6-10(5-8)14-11(17)7-20-12-13(18)19-15-16(12)3/h4-6H,7H2,1-3H3,(H-,14,15,17,18).